The SMILES string of the molecule is CC(C)(C)OC(=O)NC1(C(=O)O)CCN(c2cccc(Cl)c2C(N)=O)C1. The Kier molecular flexibility index (Phi) is 5.36. The van der Waals surface area contributed by atoms with Crippen LogP contribution in [0.25, 0.3) is 0 Å². The summed E-state index contributed by atoms with van der Waals surface area (Å²) in [5, 5.41) is 12.3. The molecule has 142 valence electrons. The topological polar surface area (TPSA) is 122 Å². The Hall–Kier alpha value is -2.48. The zero-order valence-corrected chi connectivity index (χ0v) is 15.6. The lowest BCUT2D eigenvalue weighted by atomic mass is 9.99. The summed E-state index contributed by atoms with van der Waals surface area (Å²) in [6.45, 7) is 5.30. The lowest BCUT2D eigenvalue weighted by Crippen LogP contribution is -2.57. The molecule has 0 aromatic heterocycles. The second kappa shape index (κ2) is 7.03. The van der Waals surface area contributed by atoms with Crippen LogP contribution in [0.15, 0.2) is 18.2 Å². The fourth-order valence-corrected chi connectivity index (χ4v) is 3.13. The fourth-order valence-electron chi connectivity index (χ4n) is 2.86. The quantitative estimate of drug-likeness (QED) is 0.730. The highest BCUT2D eigenvalue weighted by Crippen LogP contribution is 2.33. The van der Waals surface area contributed by atoms with E-state index in [4.69, 9.17) is 22.1 Å². The van der Waals surface area contributed by atoms with Gasteiger partial charge in [0.05, 0.1) is 22.8 Å². The number of carboxylic acids is 1. The third-order valence-corrected chi connectivity index (χ3v) is 4.31. The molecule has 1 atom stereocenters. The smallest absolute Gasteiger partial charge is 0.408 e. The monoisotopic (exact) mass is 383 g/mol. The number of nitrogens with one attached hydrogen (secondary N) is 1. The van der Waals surface area contributed by atoms with Gasteiger partial charge in [0.15, 0.2) is 5.54 Å². The molecule has 1 aromatic carbocycles. The first-order chi connectivity index (χ1) is 11.9. The number of rotatable bonds is 4. The van der Waals surface area contributed by atoms with Crippen molar-refractivity contribution in [3.63, 3.8) is 0 Å². The minimum Gasteiger partial charge on any atom is -0.479 e. The molecule has 1 fully saturated rings. The van der Waals surface area contributed by atoms with Gasteiger partial charge in [-0.1, -0.05) is 17.7 Å². The number of carbonyl (C=O) groups is 3. The average Bonchev–Trinajstić information content (AvgIpc) is 2.89. The molecule has 0 spiro atoms. The van der Waals surface area contributed by atoms with Crippen molar-refractivity contribution in [1.29, 1.82) is 0 Å². The number of aliphatic carboxylic acids is 1. The van der Waals surface area contributed by atoms with Gasteiger partial charge in [0.1, 0.15) is 5.60 Å². The zero-order valence-electron chi connectivity index (χ0n) is 14.8. The highest BCUT2D eigenvalue weighted by Gasteiger charge is 2.47. The molecule has 1 aliphatic heterocycles. The van der Waals surface area contributed by atoms with E-state index >= 15 is 0 Å². The lowest BCUT2D eigenvalue weighted by molar-refractivity contribution is -0.143. The van der Waals surface area contributed by atoms with Gasteiger partial charge >= 0.3 is 12.1 Å². The molecule has 4 N–H and O–H groups in total. The number of carboxylic acid groups (broad SMARTS) is 1. The third kappa shape index (κ3) is 4.19. The van der Waals surface area contributed by atoms with Gasteiger partial charge in [-0.25, -0.2) is 9.59 Å². The molecule has 1 saturated heterocycles. The molecular weight excluding hydrogens is 362 g/mol. The number of benzene rings is 1. The number of alkyl carbamates (subject to hydrolysis) is 1. The van der Waals surface area contributed by atoms with E-state index in [0.29, 0.717) is 12.2 Å². The van der Waals surface area contributed by atoms with Crippen LogP contribution in [0.1, 0.15) is 37.6 Å². The largest absolute Gasteiger partial charge is 0.479 e. The van der Waals surface area contributed by atoms with Gasteiger partial charge in [0.2, 0.25) is 0 Å². The number of ether oxygens (including phenoxy) is 1. The summed E-state index contributed by atoms with van der Waals surface area (Å²) >= 11 is 6.06. The van der Waals surface area contributed by atoms with E-state index in [1.807, 2.05) is 0 Å². The number of hydrogen-bond acceptors (Lipinski definition) is 5. The van der Waals surface area contributed by atoms with Crippen molar-refractivity contribution in [2.45, 2.75) is 38.3 Å². The number of hydrogen-bond donors (Lipinski definition) is 3. The molecular formula is C17H22ClN3O5. The first kappa shape index (κ1) is 19.8. The van der Waals surface area contributed by atoms with Gasteiger partial charge in [-0.15, -0.1) is 0 Å². The minimum atomic E-state index is -1.54. The first-order valence-electron chi connectivity index (χ1n) is 8.03. The van der Waals surface area contributed by atoms with Crippen molar-refractivity contribution >= 4 is 35.3 Å². The number of anilines is 1. The summed E-state index contributed by atoms with van der Waals surface area (Å²) < 4.78 is 5.17. The van der Waals surface area contributed by atoms with Crippen molar-refractivity contribution in [2.24, 2.45) is 5.73 Å². The van der Waals surface area contributed by atoms with Gasteiger partial charge in [0.25, 0.3) is 5.91 Å². The van der Waals surface area contributed by atoms with E-state index in [9.17, 15) is 19.5 Å². The van der Waals surface area contributed by atoms with Gasteiger partial charge in [-0.2, -0.15) is 0 Å². The fraction of sp³-hybridized carbons (Fsp3) is 0.471. The Labute approximate surface area is 156 Å². The predicted octanol–water partition coefficient (Wildman–Crippen LogP) is 2.00. The molecule has 0 saturated carbocycles. The van der Waals surface area contributed by atoms with Gasteiger partial charge in [-0.3, -0.25) is 4.79 Å². The molecule has 26 heavy (non-hydrogen) atoms. The maximum atomic E-state index is 12.1. The molecule has 1 heterocycles. The van der Waals surface area contributed by atoms with Crippen LogP contribution in [0.2, 0.25) is 5.02 Å². The summed E-state index contributed by atoms with van der Waals surface area (Å²) in [6, 6.07) is 4.81. The molecule has 1 unspecified atom stereocenters. The maximum Gasteiger partial charge on any atom is 0.408 e. The van der Waals surface area contributed by atoms with Crippen LogP contribution in [-0.2, 0) is 9.53 Å². The lowest BCUT2D eigenvalue weighted by Gasteiger charge is -2.29. The standard InChI is InChI=1S/C17H22ClN3O5/c1-16(2,3)26-15(25)20-17(14(23)24)7-8-21(9-17)11-6-4-5-10(18)12(11)13(19)22/h4-6H,7-9H2,1-3H3,(H2,19,22)(H,20,25)(H,23,24). The number of primary amides is 1. The number of amides is 2. The molecule has 0 bridgehead atoms. The molecule has 0 radical (unpaired) electrons. The van der Waals surface area contributed by atoms with Crippen molar-refractivity contribution in [3.05, 3.63) is 28.8 Å². The minimum absolute atomic E-state index is 0.0534. The summed E-state index contributed by atoms with van der Waals surface area (Å²) in [6.07, 6.45) is -0.685. The van der Waals surface area contributed by atoms with Gasteiger partial charge < -0.3 is 25.8 Å². The number of nitrogens with two attached hydrogens (primary N) is 1. The van der Waals surface area contributed by atoms with Crippen LogP contribution < -0.4 is 16.0 Å². The van der Waals surface area contributed by atoms with E-state index in [1.54, 1.807) is 37.8 Å². The van der Waals surface area contributed by atoms with E-state index in [1.165, 1.54) is 6.07 Å². The molecule has 0 aliphatic carbocycles. The van der Waals surface area contributed by atoms with Crippen molar-refractivity contribution in [3.8, 4) is 0 Å². The van der Waals surface area contributed by atoms with Crippen LogP contribution in [-0.4, -0.2) is 47.3 Å². The van der Waals surface area contributed by atoms with Crippen molar-refractivity contribution < 1.29 is 24.2 Å². The van der Waals surface area contributed by atoms with Crippen LogP contribution >= 0.6 is 11.6 Å². The molecule has 9 heteroatoms. The first-order valence-corrected chi connectivity index (χ1v) is 8.41. The molecule has 2 amide bonds. The molecule has 1 aliphatic rings. The Morgan fingerprint density at radius 1 is 1.35 bits per heavy atom. The third-order valence-electron chi connectivity index (χ3n) is 4.00. The van der Waals surface area contributed by atoms with Crippen LogP contribution in [0.3, 0.4) is 0 Å². The molecule has 2 rings (SSSR count). The van der Waals surface area contributed by atoms with E-state index in [2.05, 4.69) is 5.32 Å². The second-order valence-electron chi connectivity index (χ2n) is 7.18. The molecule has 1 aromatic rings. The van der Waals surface area contributed by atoms with Gasteiger partial charge in [-0.05, 0) is 32.9 Å². The predicted molar refractivity (Wildman–Crippen MR) is 96.5 cm³/mol. The summed E-state index contributed by atoms with van der Waals surface area (Å²) in [7, 11) is 0. The van der Waals surface area contributed by atoms with E-state index < -0.39 is 29.1 Å². The second-order valence-corrected chi connectivity index (χ2v) is 7.59. The summed E-state index contributed by atoms with van der Waals surface area (Å²) in [5.74, 6) is -1.90. The van der Waals surface area contributed by atoms with E-state index in [0.717, 1.165) is 0 Å². The summed E-state index contributed by atoms with van der Waals surface area (Å²) in [4.78, 5) is 37.4. The normalized spacial score (nSPS) is 19.9. The van der Waals surface area contributed by atoms with Crippen LogP contribution in [0.5, 0.6) is 0 Å². The Morgan fingerprint density at radius 2 is 2.00 bits per heavy atom. The number of nitrogens with zero attached hydrogens (tertiary/aromatic N) is 1. The Bertz CT molecular complexity index is 746. The zero-order chi connectivity index (χ0) is 19.7. The maximum absolute atomic E-state index is 12.1. The Morgan fingerprint density at radius 3 is 2.54 bits per heavy atom. The number of halogens is 1. The molecule has 8 nitrogen and oxygen atoms in total. The van der Waals surface area contributed by atoms with Crippen LogP contribution in [0, 0.1) is 0 Å². The highest BCUT2D eigenvalue weighted by atomic mass is 35.5. The average molecular weight is 384 g/mol. The van der Waals surface area contributed by atoms with Crippen molar-refractivity contribution in [2.75, 3.05) is 18.0 Å². The summed E-state index contributed by atoms with van der Waals surface area (Å²) in [5.41, 5.74) is 3.65. The Balaban J connectivity index is 2.28. The van der Waals surface area contributed by atoms with E-state index in [-0.39, 0.29) is 23.6 Å². The number of carbonyl (C=O) groups excluding carboxylic acids is 2. The van der Waals surface area contributed by atoms with Crippen LogP contribution in [0.4, 0.5) is 10.5 Å². The highest BCUT2D eigenvalue weighted by molar-refractivity contribution is 6.34. The van der Waals surface area contributed by atoms with Gasteiger partial charge in [0, 0.05) is 13.0 Å². The van der Waals surface area contributed by atoms with Crippen molar-refractivity contribution in [1.82, 2.24) is 5.32 Å².